The van der Waals surface area contributed by atoms with Crippen molar-refractivity contribution in [3.63, 3.8) is 0 Å². The lowest BCUT2D eigenvalue weighted by Gasteiger charge is -2.26. The van der Waals surface area contributed by atoms with Gasteiger partial charge in [-0.2, -0.15) is 0 Å². The van der Waals surface area contributed by atoms with Gasteiger partial charge < -0.3 is 14.8 Å². The summed E-state index contributed by atoms with van der Waals surface area (Å²) < 4.78 is 10.9. The summed E-state index contributed by atoms with van der Waals surface area (Å²) in [6, 6.07) is 0. The van der Waals surface area contributed by atoms with E-state index in [0.29, 0.717) is 13.2 Å². The summed E-state index contributed by atoms with van der Waals surface area (Å²) in [4.78, 5) is 0. The van der Waals surface area contributed by atoms with Crippen LogP contribution in [0.25, 0.3) is 0 Å². The maximum Gasteiger partial charge on any atom is 0.0985 e. The van der Waals surface area contributed by atoms with Gasteiger partial charge in [-0.25, -0.2) is 0 Å². The second-order valence-electron chi connectivity index (χ2n) is 3.30. The van der Waals surface area contributed by atoms with Gasteiger partial charge in [0.05, 0.1) is 25.4 Å². The lowest BCUT2D eigenvalue weighted by Crippen LogP contribution is -2.39. The van der Waals surface area contributed by atoms with Crippen LogP contribution in [0.4, 0.5) is 0 Å². The minimum Gasteiger partial charge on any atom is -0.384 e. The summed E-state index contributed by atoms with van der Waals surface area (Å²) in [5, 5.41) is 3.16. The van der Waals surface area contributed by atoms with Crippen molar-refractivity contribution in [2.75, 3.05) is 19.8 Å². The van der Waals surface area contributed by atoms with E-state index in [4.69, 9.17) is 9.47 Å². The molecule has 1 atom stereocenters. The Balaban J connectivity index is 2.13. The first kappa shape index (κ1) is 9.55. The van der Waals surface area contributed by atoms with E-state index >= 15 is 0 Å². The van der Waals surface area contributed by atoms with Crippen LogP contribution in [0.2, 0.25) is 0 Å². The number of rotatable bonds is 3. The zero-order valence-corrected chi connectivity index (χ0v) is 7.80. The van der Waals surface area contributed by atoms with E-state index in [1.165, 1.54) is 0 Å². The van der Waals surface area contributed by atoms with Gasteiger partial charge in [-0.1, -0.05) is 6.58 Å². The number of nitrogens with one attached hydrogen (secondary N) is 1. The molecule has 1 N–H and O–H groups in total. The zero-order chi connectivity index (χ0) is 8.97. The van der Waals surface area contributed by atoms with Crippen molar-refractivity contribution in [3.8, 4) is 0 Å². The van der Waals surface area contributed by atoms with Crippen molar-refractivity contribution in [2.45, 2.75) is 26.1 Å². The Bertz CT molecular complexity index is 147. The van der Waals surface area contributed by atoms with E-state index in [1.807, 2.05) is 13.8 Å². The van der Waals surface area contributed by atoms with Crippen molar-refractivity contribution >= 4 is 0 Å². The quantitative estimate of drug-likeness (QED) is 0.684. The van der Waals surface area contributed by atoms with Crippen LogP contribution in [0.3, 0.4) is 0 Å². The molecule has 0 bridgehead atoms. The molecular formula is C9H17NO2. The van der Waals surface area contributed by atoms with E-state index in [0.717, 1.165) is 12.2 Å². The van der Waals surface area contributed by atoms with Gasteiger partial charge in [0.2, 0.25) is 0 Å². The fourth-order valence-electron chi connectivity index (χ4n) is 0.993. The van der Waals surface area contributed by atoms with Crippen LogP contribution in [0.1, 0.15) is 13.8 Å². The molecule has 0 aromatic heterocycles. The van der Waals surface area contributed by atoms with Gasteiger partial charge in [-0.15, -0.1) is 0 Å². The molecule has 0 amide bonds. The van der Waals surface area contributed by atoms with Crippen LogP contribution < -0.4 is 5.32 Å². The molecule has 1 unspecified atom stereocenters. The highest BCUT2D eigenvalue weighted by Crippen LogP contribution is 2.03. The molecule has 0 saturated carbocycles. The van der Waals surface area contributed by atoms with Crippen molar-refractivity contribution in [2.24, 2.45) is 0 Å². The van der Waals surface area contributed by atoms with Gasteiger partial charge in [-0.3, -0.25) is 0 Å². The van der Waals surface area contributed by atoms with Gasteiger partial charge in [0.15, 0.2) is 0 Å². The van der Waals surface area contributed by atoms with Crippen molar-refractivity contribution < 1.29 is 9.47 Å². The van der Waals surface area contributed by atoms with Gasteiger partial charge in [0, 0.05) is 12.2 Å². The third-order valence-corrected chi connectivity index (χ3v) is 1.69. The normalized spacial score (nSPS) is 24.2. The molecule has 1 aliphatic heterocycles. The van der Waals surface area contributed by atoms with Gasteiger partial charge >= 0.3 is 0 Å². The van der Waals surface area contributed by atoms with Crippen molar-refractivity contribution in [3.05, 3.63) is 12.3 Å². The maximum absolute atomic E-state index is 5.45. The molecule has 12 heavy (non-hydrogen) atoms. The number of hydrogen-bond donors (Lipinski definition) is 1. The molecule has 1 heterocycles. The van der Waals surface area contributed by atoms with E-state index in [2.05, 4.69) is 11.9 Å². The highest BCUT2D eigenvalue weighted by atomic mass is 16.5. The van der Waals surface area contributed by atoms with E-state index in [1.54, 1.807) is 0 Å². The summed E-state index contributed by atoms with van der Waals surface area (Å²) >= 11 is 0. The second-order valence-corrected chi connectivity index (χ2v) is 3.30. The molecule has 1 fully saturated rings. The van der Waals surface area contributed by atoms with Crippen molar-refractivity contribution in [1.29, 1.82) is 0 Å². The summed E-state index contributed by atoms with van der Waals surface area (Å²) in [5.41, 5.74) is 0.954. The molecule has 70 valence electrons. The van der Waals surface area contributed by atoms with Crippen LogP contribution in [0.15, 0.2) is 12.3 Å². The van der Waals surface area contributed by atoms with Gasteiger partial charge in [0.25, 0.3) is 0 Å². The summed E-state index contributed by atoms with van der Waals surface area (Å²) in [5.74, 6) is 0. The molecule has 1 aliphatic rings. The Kier molecular flexibility index (Phi) is 3.56. The van der Waals surface area contributed by atoms with Gasteiger partial charge in [0.1, 0.15) is 0 Å². The van der Waals surface area contributed by atoms with E-state index < -0.39 is 0 Å². The van der Waals surface area contributed by atoms with Crippen LogP contribution in [-0.4, -0.2) is 32.0 Å². The fraction of sp³-hybridized carbons (Fsp3) is 0.778. The van der Waals surface area contributed by atoms with E-state index in [9.17, 15) is 0 Å². The highest BCUT2D eigenvalue weighted by Gasteiger charge is 2.15. The smallest absolute Gasteiger partial charge is 0.0985 e. The summed E-state index contributed by atoms with van der Waals surface area (Å²) in [6.45, 7) is 9.89. The van der Waals surface area contributed by atoms with Gasteiger partial charge in [-0.05, 0) is 13.8 Å². The molecule has 0 aromatic rings. The summed E-state index contributed by atoms with van der Waals surface area (Å²) in [7, 11) is 0. The molecule has 1 saturated heterocycles. The molecule has 3 nitrogen and oxygen atoms in total. The van der Waals surface area contributed by atoms with Crippen molar-refractivity contribution in [1.82, 2.24) is 5.32 Å². The third-order valence-electron chi connectivity index (χ3n) is 1.69. The molecule has 3 heteroatoms. The Morgan fingerprint density at radius 3 is 3.00 bits per heavy atom. The Morgan fingerprint density at radius 1 is 1.75 bits per heavy atom. The van der Waals surface area contributed by atoms with Crippen LogP contribution >= 0.6 is 0 Å². The highest BCUT2D eigenvalue weighted by molar-refractivity contribution is 4.95. The molecule has 0 radical (unpaired) electrons. The lowest BCUT2D eigenvalue weighted by atomic mass is 10.3. The fourth-order valence-corrected chi connectivity index (χ4v) is 0.993. The SMILES string of the molecule is C=C1COC(COC(C)C)CN1. The maximum atomic E-state index is 5.45. The number of hydrogen-bond acceptors (Lipinski definition) is 3. The average molecular weight is 171 g/mol. The first-order valence-electron chi connectivity index (χ1n) is 4.33. The number of morpholine rings is 1. The molecule has 0 aromatic carbocycles. The third kappa shape index (κ3) is 3.24. The number of ether oxygens (including phenoxy) is 2. The molecule has 1 rings (SSSR count). The van der Waals surface area contributed by atoms with Crippen LogP contribution in [0, 0.1) is 0 Å². The lowest BCUT2D eigenvalue weighted by molar-refractivity contribution is -0.0378. The Labute approximate surface area is 73.7 Å². The second kappa shape index (κ2) is 4.48. The monoisotopic (exact) mass is 171 g/mol. The predicted octanol–water partition coefficient (Wildman–Crippen LogP) is 0.913. The minimum absolute atomic E-state index is 0.179. The standard InChI is InChI=1S/C9H17NO2/c1-7(2)11-6-9-4-10-8(3)5-12-9/h7,9-10H,3-6H2,1-2H3. The molecule has 0 aliphatic carbocycles. The van der Waals surface area contributed by atoms with E-state index in [-0.39, 0.29) is 12.2 Å². The Hall–Kier alpha value is -0.540. The molecular weight excluding hydrogens is 154 g/mol. The Morgan fingerprint density at radius 2 is 2.50 bits per heavy atom. The first-order chi connectivity index (χ1) is 5.68. The minimum atomic E-state index is 0.179. The first-order valence-corrected chi connectivity index (χ1v) is 4.33. The average Bonchev–Trinajstić information content (AvgIpc) is 2.03. The van der Waals surface area contributed by atoms with Crippen LogP contribution in [0.5, 0.6) is 0 Å². The largest absolute Gasteiger partial charge is 0.384 e. The van der Waals surface area contributed by atoms with Crippen LogP contribution in [-0.2, 0) is 9.47 Å². The summed E-state index contributed by atoms with van der Waals surface area (Å²) in [6.07, 6.45) is 0.455. The zero-order valence-electron chi connectivity index (χ0n) is 7.80. The topological polar surface area (TPSA) is 30.5 Å². The molecule has 0 spiro atoms. The predicted molar refractivity (Wildman–Crippen MR) is 48.0 cm³/mol.